The van der Waals surface area contributed by atoms with E-state index in [2.05, 4.69) is 35.6 Å². The quantitative estimate of drug-likeness (QED) is 0.879. The van der Waals surface area contributed by atoms with Crippen LogP contribution in [0.5, 0.6) is 0 Å². The van der Waals surface area contributed by atoms with Crippen molar-refractivity contribution >= 4 is 11.6 Å². The fourth-order valence-electron chi connectivity index (χ4n) is 1.51. The SMILES string of the molecule is Cc1nc(N(C)CCO)cc(N(C)C(C)(C)C)n1. The summed E-state index contributed by atoms with van der Waals surface area (Å²) in [6.07, 6.45) is 0. The highest BCUT2D eigenvalue weighted by molar-refractivity contribution is 5.51. The van der Waals surface area contributed by atoms with Gasteiger partial charge < -0.3 is 14.9 Å². The summed E-state index contributed by atoms with van der Waals surface area (Å²) in [4.78, 5) is 12.9. The topological polar surface area (TPSA) is 52.5 Å². The molecule has 1 aromatic heterocycles. The van der Waals surface area contributed by atoms with Crippen LogP contribution in [0, 0.1) is 6.92 Å². The summed E-state index contributed by atoms with van der Waals surface area (Å²) in [6, 6.07) is 1.95. The first-order valence-electron chi connectivity index (χ1n) is 6.17. The smallest absolute Gasteiger partial charge is 0.134 e. The molecular formula is C13H24N4O. The molecule has 0 bridgehead atoms. The Balaban J connectivity index is 3.08. The Kier molecular flexibility index (Phi) is 4.51. The number of nitrogens with zero attached hydrogens (tertiary/aromatic N) is 4. The van der Waals surface area contributed by atoms with Crippen molar-refractivity contribution in [3.63, 3.8) is 0 Å². The lowest BCUT2D eigenvalue weighted by atomic mass is 10.1. The minimum absolute atomic E-state index is 0.00755. The number of aliphatic hydroxyl groups is 1. The minimum atomic E-state index is 0.00755. The van der Waals surface area contributed by atoms with Crippen LogP contribution in [0.15, 0.2) is 6.07 Å². The number of aromatic nitrogens is 2. The summed E-state index contributed by atoms with van der Waals surface area (Å²) >= 11 is 0. The largest absolute Gasteiger partial charge is 0.395 e. The third-order valence-corrected chi connectivity index (χ3v) is 2.99. The van der Waals surface area contributed by atoms with Crippen LogP contribution >= 0.6 is 0 Å². The van der Waals surface area contributed by atoms with Crippen LogP contribution in [0.25, 0.3) is 0 Å². The minimum Gasteiger partial charge on any atom is -0.395 e. The molecule has 102 valence electrons. The average Bonchev–Trinajstić information content (AvgIpc) is 2.26. The molecule has 0 aliphatic rings. The number of aliphatic hydroxyl groups excluding tert-OH is 1. The molecule has 0 saturated carbocycles. The molecule has 0 atom stereocenters. The molecule has 0 saturated heterocycles. The predicted octanol–water partition coefficient (Wildman–Crippen LogP) is 1.45. The number of likely N-dealkylation sites (N-methyl/N-ethyl adjacent to an activating group) is 1. The van der Waals surface area contributed by atoms with Crippen molar-refractivity contribution in [2.24, 2.45) is 0 Å². The van der Waals surface area contributed by atoms with E-state index in [0.29, 0.717) is 6.54 Å². The second kappa shape index (κ2) is 5.52. The van der Waals surface area contributed by atoms with Gasteiger partial charge in [-0.2, -0.15) is 0 Å². The van der Waals surface area contributed by atoms with E-state index in [9.17, 15) is 0 Å². The van der Waals surface area contributed by atoms with Crippen LogP contribution in [0.2, 0.25) is 0 Å². The van der Waals surface area contributed by atoms with Crippen molar-refractivity contribution in [1.82, 2.24) is 9.97 Å². The first-order chi connectivity index (χ1) is 8.25. The van der Waals surface area contributed by atoms with Crippen molar-refractivity contribution in [2.75, 3.05) is 37.0 Å². The summed E-state index contributed by atoms with van der Waals surface area (Å²) in [7, 11) is 3.94. The Morgan fingerprint density at radius 1 is 1.17 bits per heavy atom. The third-order valence-electron chi connectivity index (χ3n) is 2.99. The van der Waals surface area contributed by atoms with Crippen molar-refractivity contribution in [2.45, 2.75) is 33.2 Å². The highest BCUT2D eigenvalue weighted by Crippen LogP contribution is 2.23. The Bertz CT molecular complexity index is 400. The summed E-state index contributed by atoms with van der Waals surface area (Å²) in [5, 5.41) is 8.98. The Morgan fingerprint density at radius 3 is 2.22 bits per heavy atom. The van der Waals surface area contributed by atoms with E-state index in [1.165, 1.54) is 0 Å². The van der Waals surface area contributed by atoms with Gasteiger partial charge in [0, 0.05) is 32.2 Å². The lowest BCUT2D eigenvalue weighted by molar-refractivity contribution is 0.304. The molecule has 5 heteroatoms. The first-order valence-corrected chi connectivity index (χ1v) is 6.17. The zero-order valence-corrected chi connectivity index (χ0v) is 12.2. The molecular weight excluding hydrogens is 228 g/mol. The standard InChI is InChI=1S/C13H24N4O/c1-10-14-11(16(5)7-8-18)9-12(15-10)17(6)13(2,3)4/h9,18H,7-8H2,1-6H3. The number of rotatable bonds is 4. The Hall–Kier alpha value is -1.36. The molecule has 0 unspecified atom stereocenters. The summed E-state index contributed by atoms with van der Waals surface area (Å²) in [5.74, 6) is 2.47. The second-order valence-electron chi connectivity index (χ2n) is 5.51. The highest BCUT2D eigenvalue weighted by Gasteiger charge is 2.20. The van der Waals surface area contributed by atoms with Crippen molar-refractivity contribution in [3.05, 3.63) is 11.9 Å². The van der Waals surface area contributed by atoms with Gasteiger partial charge in [-0.15, -0.1) is 0 Å². The molecule has 0 aliphatic heterocycles. The molecule has 5 nitrogen and oxygen atoms in total. The maximum absolute atomic E-state index is 8.98. The number of hydrogen-bond donors (Lipinski definition) is 1. The van der Waals surface area contributed by atoms with Crippen molar-refractivity contribution in [3.8, 4) is 0 Å². The molecule has 1 aromatic rings. The van der Waals surface area contributed by atoms with Gasteiger partial charge in [0.2, 0.25) is 0 Å². The lowest BCUT2D eigenvalue weighted by Gasteiger charge is -2.33. The number of anilines is 2. The molecule has 18 heavy (non-hydrogen) atoms. The van der Waals surface area contributed by atoms with Crippen LogP contribution in [0.1, 0.15) is 26.6 Å². The van der Waals surface area contributed by atoms with Crippen LogP contribution < -0.4 is 9.80 Å². The molecule has 0 fully saturated rings. The maximum atomic E-state index is 8.98. The van der Waals surface area contributed by atoms with E-state index < -0.39 is 0 Å². The maximum Gasteiger partial charge on any atom is 0.134 e. The van der Waals surface area contributed by atoms with E-state index >= 15 is 0 Å². The summed E-state index contributed by atoms with van der Waals surface area (Å²) < 4.78 is 0. The molecule has 0 amide bonds. The second-order valence-corrected chi connectivity index (χ2v) is 5.51. The van der Waals surface area contributed by atoms with Gasteiger partial charge in [0.05, 0.1) is 6.61 Å². The van der Waals surface area contributed by atoms with Gasteiger partial charge in [-0.1, -0.05) is 0 Å². The molecule has 1 heterocycles. The molecule has 1 rings (SSSR count). The monoisotopic (exact) mass is 252 g/mol. The normalized spacial score (nSPS) is 11.5. The van der Waals surface area contributed by atoms with Gasteiger partial charge >= 0.3 is 0 Å². The van der Waals surface area contributed by atoms with Gasteiger partial charge in [-0.05, 0) is 27.7 Å². The van der Waals surface area contributed by atoms with Crippen LogP contribution in [-0.4, -0.2) is 47.9 Å². The van der Waals surface area contributed by atoms with Crippen LogP contribution in [0.3, 0.4) is 0 Å². The molecule has 0 spiro atoms. The number of hydrogen-bond acceptors (Lipinski definition) is 5. The molecule has 1 N–H and O–H groups in total. The Morgan fingerprint density at radius 2 is 1.72 bits per heavy atom. The summed E-state index contributed by atoms with van der Waals surface area (Å²) in [5.41, 5.74) is 0.00755. The zero-order valence-electron chi connectivity index (χ0n) is 12.2. The fraction of sp³-hybridized carbons (Fsp3) is 0.692. The van der Waals surface area contributed by atoms with Crippen molar-refractivity contribution < 1.29 is 5.11 Å². The van der Waals surface area contributed by atoms with E-state index in [1.807, 2.05) is 32.0 Å². The average molecular weight is 252 g/mol. The molecule has 0 aliphatic carbocycles. The highest BCUT2D eigenvalue weighted by atomic mass is 16.3. The predicted molar refractivity (Wildman–Crippen MR) is 75.3 cm³/mol. The number of aryl methyl sites for hydroxylation is 1. The lowest BCUT2D eigenvalue weighted by Crippen LogP contribution is -2.39. The summed E-state index contributed by atoms with van der Waals surface area (Å²) in [6.45, 7) is 8.99. The first kappa shape index (κ1) is 14.7. The zero-order chi connectivity index (χ0) is 13.9. The van der Waals surface area contributed by atoms with Gasteiger partial charge in [0.15, 0.2) is 0 Å². The van der Waals surface area contributed by atoms with Gasteiger partial charge in [-0.3, -0.25) is 0 Å². The molecule has 0 radical (unpaired) electrons. The van der Waals surface area contributed by atoms with E-state index in [4.69, 9.17) is 5.11 Å². The van der Waals surface area contributed by atoms with Gasteiger partial charge in [0.25, 0.3) is 0 Å². The van der Waals surface area contributed by atoms with Crippen LogP contribution in [0.4, 0.5) is 11.6 Å². The van der Waals surface area contributed by atoms with Gasteiger partial charge in [-0.25, -0.2) is 9.97 Å². The third kappa shape index (κ3) is 3.57. The van der Waals surface area contributed by atoms with E-state index in [-0.39, 0.29) is 12.1 Å². The Labute approximate surface area is 109 Å². The van der Waals surface area contributed by atoms with Gasteiger partial charge in [0.1, 0.15) is 17.5 Å². The van der Waals surface area contributed by atoms with E-state index in [0.717, 1.165) is 17.5 Å². The molecule has 0 aromatic carbocycles. The fourth-order valence-corrected chi connectivity index (χ4v) is 1.51. The van der Waals surface area contributed by atoms with Crippen molar-refractivity contribution in [1.29, 1.82) is 0 Å². The van der Waals surface area contributed by atoms with E-state index in [1.54, 1.807) is 0 Å². The van der Waals surface area contributed by atoms with Crippen LogP contribution in [-0.2, 0) is 0 Å².